The molecule has 4 nitrogen and oxygen atoms in total. The van der Waals surface area contributed by atoms with Crippen LogP contribution in [-0.4, -0.2) is 42.2 Å². The largest absolute Gasteiger partial charge is 0.484 e. The van der Waals surface area contributed by atoms with Gasteiger partial charge in [-0.1, -0.05) is 30.3 Å². The summed E-state index contributed by atoms with van der Waals surface area (Å²) >= 11 is 0. The average Bonchev–Trinajstić information content (AvgIpc) is 2.63. The summed E-state index contributed by atoms with van der Waals surface area (Å²) in [4.78, 5) is 13.7. The summed E-state index contributed by atoms with van der Waals surface area (Å²) in [6.45, 7) is 0.1000. The van der Waals surface area contributed by atoms with Crippen LogP contribution in [0.25, 0.3) is 0 Å². The summed E-state index contributed by atoms with van der Waals surface area (Å²) in [7, 11) is 0. The van der Waals surface area contributed by atoms with E-state index in [1.807, 2.05) is 30.3 Å². The molecule has 7 heteroatoms. The average molecular weight is 367 g/mol. The van der Waals surface area contributed by atoms with E-state index in [-0.39, 0.29) is 31.4 Å². The van der Waals surface area contributed by atoms with E-state index in [0.717, 1.165) is 17.7 Å². The van der Waals surface area contributed by atoms with E-state index in [1.165, 1.54) is 17.0 Å². The van der Waals surface area contributed by atoms with E-state index >= 15 is 0 Å². The second kappa shape index (κ2) is 9.24. The van der Waals surface area contributed by atoms with Crippen molar-refractivity contribution in [3.63, 3.8) is 0 Å². The van der Waals surface area contributed by atoms with Gasteiger partial charge in [-0.05, 0) is 36.2 Å². The van der Waals surface area contributed by atoms with Crippen molar-refractivity contribution in [2.75, 3.05) is 26.3 Å². The topological polar surface area (TPSA) is 49.8 Å². The lowest BCUT2D eigenvalue weighted by atomic mass is 10.1. The van der Waals surface area contributed by atoms with Crippen LogP contribution in [0, 0.1) is 0 Å². The van der Waals surface area contributed by atoms with Crippen molar-refractivity contribution >= 4 is 5.91 Å². The van der Waals surface area contributed by atoms with Crippen LogP contribution in [0.1, 0.15) is 11.1 Å². The standard InChI is InChI=1S/C19H20F3NO3/c20-19(21,22)16-6-8-17(9-7-16)26-14-18(25)23(12-13-24)11-10-15-4-2-1-3-5-15/h1-9,24H,10-14H2. The molecule has 0 fully saturated rings. The van der Waals surface area contributed by atoms with Crippen molar-refractivity contribution in [2.24, 2.45) is 0 Å². The fourth-order valence-corrected chi connectivity index (χ4v) is 2.37. The Kier molecular flexibility index (Phi) is 7.03. The normalized spacial score (nSPS) is 11.2. The molecule has 2 aromatic rings. The number of hydrogen-bond acceptors (Lipinski definition) is 3. The molecule has 1 N–H and O–H groups in total. The first-order chi connectivity index (χ1) is 12.4. The predicted octanol–water partition coefficient (Wildman–Crippen LogP) is 3.15. The van der Waals surface area contributed by atoms with Gasteiger partial charge in [-0.3, -0.25) is 4.79 Å². The highest BCUT2D eigenvalue weighted by Gasteiger charge is 2.30. The zero-order chi connectivity index (χ0) is 19.0. The van der Waals surface area contributed by atoms with Crippen molar-refractivity contribution in [1.29, 1.82) is 0 Å². The number of rotatable bonds is 8. The summed E-state index contributed by atoms with van der Waals surface area (Å²) in [6.07, 6.45) is -3.78. The highest BCUT2D eigenvalue weighted by molar-refractivity contribution is 5.77. The molecule has 2 rings (SSSR count). The minimum Gasteiger partial charge on any atom is -0.484 e. The monoisotopic (exact) mass is 367 g/mol. The Hall–Kier alpha value is -2.54. The lowest BCUT2D eigenvalue weighted by Crippen LogP contribution is -2.38. The Morgan fingerprint density at radius 1 is 1.00 bits per heavy atom. The van der Waals surface area contributed by atoms with Crippen molar-refractivity contribution < 1.29 is 27.8 Å². The van der Waals surface area contributed by atoms with Crippen LogP contribution in [0.3, 0.4) is 0 Å². The maximum atomic E-state index is 12.5. The molecule has 0 bridgehead atoms. The van der Waals surface area contributed by atoms with Gasteiger partial charge >= 0.3 is 6.18 Å². The molecule has 0 aliphatic heterocycles. The number of carbonyl (C=O) groups is 1. The van der Waals surface area contributed by atoms with Gasteiger partial charge in [0.2, 0.25) is 0 Å². The van der Waals surface area contributed by atoms with Gasteiger partial charge in [0.05, 0.1) is 12.2 Å². The lowest BCUT2D eigenvalue weighted by molar-refractivity contribution is -0.137. The molecule has 26 heavy (non-hydrogen) atoms. The third-order valence-electron chi connectivity index (χ3n) is 3.78. The smallest absolute Gasteiger partial charge is 0.416 e. The summed E-state index contributed by atoms with van der Waals surface area (Å²) in [5.74, 6) is -0.159. The van der Waals surface area contributed by atoms with Gasteiger partial charge in [0.15, 0.2) is 6.61 Å². The second-order valence-electron chi connectivity index (χ2n) is 5.65. The fourth-order valence-electron chi connectivity index (χ4n) is 2.37. The molecule has 0 atom stereocenters. The zero-order valence-corrected chi connectivity index (χ0v) is 14.1. The van der Waals surface area contributed by atoms with Crippen LogP contribution in [0.4, 0.5) is 13.2 Å². The molecule has 0 radical (unpaired) electrons. The number of benzene rings is 2. The van der Waals surface area contributed by atoms with E-state index in [1.54, 1.807) is 0 Å². The van der Waals surface area contributed by atoms with E-state index < -0.39 is 11.7 Å². The summed E-state index contributed by atoms with van der Waals surface area (Å²) in [5, 5.41) is 9.13. The van der Waals surface area contributed by atoms with E-state index in [4.69, 9.17) is 9.84 Å². The second-order valence-corrected chi connectivity index (χ2v) is 5.65. The van der Waals surface area contributed by atoms with Gasteiger partial charge in [0.1, 0.15) is 5.75 Å². The number of nitrogens with zero attached hydrogens (tertiary/aromatic N) is 1. The Balaban J connectivity index is 1.88. The predicted molar refractivity (Wildman–Crippen MR) is 90.8 cm³/mol. The molecule has 140 valence electrons. The maximum absolute atomic E-state index is 12.5. The molecule has 2 aromatic carbocycles. The van der Waals surface area contributed by atoms with Gasteiger partial charge in [-0.25, -0.2) is 0 Å². The van der Waals surface area contributed by atoms with Crippen molar-refractivity contribution in [3.8, 4) is 5.75 Å². The SMILES string of the molecule is O=C(COc1ccc(C(F)(F)F)cc1)N(CCO)CCc1ccccc1. The van der Waals surface area contributed by atoms with Crippen LogP contribution in [-0.2, 0) is 17.4 Å². The van der Waals surface area contributed by atoms with Crippen LogP contribution >= 0.6 is 0 Å². The van der Waals surface area contributed by atoms with Crippen LogP contribution in [0.5, 0.6) is 5.75 Å². The number of amides is 1. The number of ether oxygens (including phenoxy) is 1. The number of alkyl halides is 3. The first kappa shape index (κ1) is 19.8. The summed E-state index contributed by atoms with van der Waals surface area (Å²) < 4.78 is 42.8. The van der Waals surface area contributed by atoms with Crippen LogP contribution in [0.2, 0.25) is 0 Å². The Labute approximate surface area is 149 Å². The summed E-state index contributed by atoms with van der Waals surface area (Å²) in [5.41, 5.74) is 0.285. The quantitative estimate of drug-likeness (QED) is 0.780. The first-order valence-corrected chi connectivity index (χ1v) is 8.13. The van der Waals surface area contributed by atoms with Crippen LogP contribution < -0.4 is 4.74 Å². The van der Waals surface area contributed by atoms with Crippen molar-refractivity contribution in [1.82, 2.24) is 4.90 Å². The van der Waals surface area contributed by atoms with Gasteiger partial charge in [0, 0.05) is 13.1 Å². The first-order valence-electron chi connectivity index (χ1n) is 8.13. The Morgan fingerprint density at radius 3 is 2.23 bits per heavy atom. The molecule has 0 spiro atoms. The number of hydrogen-bond donors (Lipinski definition) is 1. The Morgan fingerprint density at radius 2 is 1.65 bits per heavy atom. The molecule has 0 aliphatic carbocycles. The third kappa shape index (κ3) is 6.07. The molecule has 0 saturated heterocycles. The van der Waals surface area contributed by atoms with Gasteiger partial charge in [-0.2, -0.15) is 13.2 Å². The van der Waals surface area contributed by atoms with Gasteiger partial charge < -0.3 is 14.7 Å². The lowest BCUT2D eigenvalue weighted by Gasteiger charge is -2.22. The molecule has 0 heterocycles. The number of aliphatic hydroxyl groups excluding tert-OH is 1. The molecule has 0 unspecified atom stereocenters. The highest BCUT2D eigenvalue weighted by Crippen LogP contribution is 2.30. The summed E-state index contributed by atoms with van der Waals surface area (Å²) in [6, 6.07) is 13.8. The zero-order valence-electron chi connectivity index (χ0n) is 14.1. The number of aliphatic hydroxyl groups is 1. The third-order valence-corrected chi connectivity index (χ3v) is 3.78. The van der Waals surface area contributed by atoms with Crippen molar-refractivity contribution in [3.05, 3.63) is 65.7 Å². The molecular weight excluding hydrogens is 347 g/mol. The molecule has 0 aliphatic rings. The molecule has 1 amide bonds. The van der Waals surface area contributed by atoms with E-state index in [0.29, 0.717) is 13.0 Å². The van der Waals surface area contributed by atoms with Gasteiger partial charge in [-0.15, -0.1) is 0 Å². The fraction of sp³-hybridized carbons (Fsp3) is 0.316. The molecule has 0 aromatic heterocycles. The highest BCUT2D eigenvalue weighted by atomic mass is 19.4. The van der Waals surface area contributed by atoms with Crippen molar-refractivity contribution in [2.45, 2.75) is 12.6 Å². The van der Waals surface area contributed by atoms with Crippen LogP contribution in [0.15, 0.2) is 54.6 Å². The minimum absolute atomic E-state index is 0.169. The van der Waals surface area contributed by atoms with E-state index in [9.17, 15) is 18.0 Å². The number of halogens is 3. The van der Waals surface area contributed by atoms with Gasteiger partial charge in [0.25, 0.3) is 5.91 Å². The molecular formula is C19H20F3NO3. The number of carbonyl (C=O) groups excluding carboxylic acids is 1. The minimum atomic E-state index is -4.41. The maximum Gasteiger partial charge on any atom is 0.416 e. The van der Waals surface area contributed by atoms with E-state index in [2.05, 4.69) is 0 Å². The Bertz CT molecular complexity index is 687. The molecule has 0 saturated carbocycles.